The maximum absolute atomic E-state index is 11.9. The van der Waals surface area contributed by atoms with E-state index in [1.807, 2.05) is 30.3 Å². The van der Waals surface area contributed by atoms with Gasteiger partial charge in [0, 0.05) is 18.4 Å². The molecule has 0 aromatic heterocycles. The first kappa shape index (κ1) is 16.4. The van der Waals surface area contributed by atoms with Gasteiger partial charge < -0.3 is 15.0 Å². The topological polar surface area (TPSA) is 70.7 Å². The maximum atomic E-state index is 11.9. The van der Waals surface area contributed by atoms with Crippen molar-refractivity contribution in [2.75, 3.05) is 30.9 Å². The van der Waals surface area contributed by atoms with E-state index < -0.39 is 6.03 Å². The van der Waals surface area contributed by atoms with Crippen LogP contribution in [0.3, 0.4) is 0 Å². The number of hydrogen-bond acceptors (Lipinski definition) is 4. The van der Waals surface area contributed by atoms with Crippen molar-refractivity contribution in [3.63, 3.8) is 0 Å². The lowest BCUT2D eigenvalue weighted by Gasteiger charge is -2.18. The summed E-state index contributed by atoms with van der Waals surface area (Å²) in [6, 6.07) is 15.7. The number of ether oxygens (including phenoxy) is 1. The van der Waals surface area contributed by atoms with Crippen molar-refractivity contribution < 1.29 is 14.3 Å². The van der Waals surface area contributed by atoms with Crippen molar-refractivity contribution in [1.82, 2.24) is 5.32 Å². The third kappa shape index (κ3) is 5.03. The first-order valence-electron chi connectivity index (χ1n) is 7.09. The van der Waals surface area contributed by atoms with Gasteiger partial charge in [0.05, 0.1) is 13.7 Å². The molecule has 0 aliphatic rings. The van der Waals surface area contributed by atoms with E-state index in [1.54, 1.807) is 43.3 Å². The van der Waals surface area contributed by atoms with Gasteiger partial charge >= 0.3 is 6.03 Å². The Balaban J connectivity index is 1.83. The molecule has 0 spiro atoms. The normalized spacial score (nSPS) is 9.83. The van der Waals surface area contributed by atoms with E-state index in [1.165, 1.54) is 0 Å². The summed E-state index contributed by atoms with van der Waals surface area (Å²) in [5, 5.41) is 4.89. The number of anilines is 2. The van der Waals surface area contributed by atoms with Crippen LogP contribution in [0, 0.1) is 0 Å². The summed E-state index contributed by atoms with van der Waals surface area (Å²) in [5.74, 6) is 0.305. The third-order valence-corrected chi connectivity index (χ3v) is 3.18. The zero-order valence-corrected chi connectivity index (χ0v) is 13.1. The standard InChI is InChI=1S/C17H19N3O3/c1-20(14-6-4-3-5-7-14)12-16(21)19-17(22)18-13-8-10-15(23-2)11-9-13/h3-11H,12H2,1-2H3,(H2,18,19,21,22). The summed E-state index contributed by atoms with van der Waals surface area (Å²) in [6.45, 7) is 0.0834. The fourth-order valence-corrected chi connectivity index (χ4v) is 1.99. The minimum atomic E-state index is -0.568. The molecular formula is C17H19N3O3. The summed E-state index contributed by atoms with van der Waals surface area (Å²) < 4.78 is 5.04. The van der Waals surface area contributed by atoms with Crippen molar-refractivity contribution >= 4 is 23.3 Å². The Bertz CT molecular complexity index is 657. The molecule has 0 unspecified atom stereocenters. The van der Waals surface area contributed by atoms with Gasteiger partial charge in [-0.05, 0) is 36.4 Å². The van der Waals surface area contributed by atoms with Crippen LogP contribution in [0.15, 0.2) is 54.6 Å². The molecule has 2 aromatic rings. The van der Waals surface area contributed by atoms with E-state index in [2.05, 4.69) is 10.6 Å². The minimum Gasteiger partial charge on any atom is -0.497 e. The molecule has 3 amide bonds. The number of benzene rings is 2. The highest BCUT2D eigenvalue weighted by molar-refractivity contribution is 6.02. The Kier molecular flexibility index (Phi) is 5.57. The molecule has 120 valence electrons. The molecule has 0 bridgehead atoms. The van der Waals surface area contributed by atoms with E-state index in [4.69, 9.17) is 4.74 Å². The number of rotatable bonds is 5. The van der Waals surface area contributed by atoms with Gasteiger partial charge in [-0.3, -0.25) is 10.1 Å². The molecule has 2 N–H and O–H groups in total. The fraction of sp³-hybridized carbons (Fsp3) is 0.176. The number of imide groups is 1. The number of urea groups is 1. The lowest BCUT2D eigenvalue weighted by Crippen LogP contribution is -2.40. The summed E-state index contributed by atoms with van der Waals surface area (Å²) >= 11 is 0. The van der Waals surface area contributed by atoms with Crippen LogP contribution >= 0.6 is 0 Å². The minimum absolute atomic E-state index is 0.0834. The van der Waals surface area contributed by atoms with Gasteiger partial charge in [0.2, 0.25) is 5.91 Å². The van der Waals surface area contributed by atoms with Gasteiger partial charge in [0.1, 0.15) is 5.75 Å². The molecule has 0 aliphatic heterocycles. The first-order chi connectivity index (χ1) is 11.1. The molecule has 0 fully saturated rings. The number of hydrogen-bond donors (Lipinski definition) is 2. The van der Waals surface area contributed by atoms with Crippen LogP contribution < -0.4 is 20.3 Å². The van der Waals surface area contributed by atoms with Crippen LogP contribution in [0.25, 0.3) is 0 Å². The van der Waals surface area contributed by atoms with Gasteiger partial charge in [-0.1, -0.05) is 18.2 Å². The monoisotopic (exact) mass is 313 g/mol. The van der Waals surface area contributed by atoms with Crippen molar-refractivity contribution in [2.24, 2.45) is 0 Å². The van der Waals surface area contributed by atoms with Crippen molar-refractivity contribution in [2.45, 2.75) is 0 Å². The van der Waals surface area contributed by atoms with E-state index in [0.29, 0.717) is 11.4 Å². The number of nitrogens with zero attached hydrogens (tertiary/aromatic N) is 1. The lowest BCUT2D eigenvalue weighted by atomic mass is 10.3. The largest absolute Gasteiger partial charge is 0.497 e. The fourth-order valence-electron chi connectivity index (χ4n) is 1.99. The van der Waals surface area contributed by atoms with Crippen LogP contribution in [0.5, 0.6) is 5.75 Å². The molecule has 6 nitrogen and oxygen atoms in total. The summed E-state index contributed by atoms with van der Waals surface area (Å²) in [5.41, 5.74) is 1.48. The molecule has 23 heavy (non-hydrogen) atoms. The summed E-state index contributed by atoms with van der Waals surface area (Å²) in [6.07, 6.45) is 0. The summed E-state index contributed by atoms with van der Waals surface area (Å²) in [7, 11) is 3.35. The molecule has 0 aliphatic carbocycles. The Morgan fingerprint density at radius 1 is 1.04 bits per heavy atom. The molecule has 0 atom stereocenters. The Labute approximate surface area is 135 Å². The van der Waals surface area contributed by atoms with Gasteiger partial charge in [-0.2, -0.15) is 0 Å². The van der Waals surface area contributed by atoms with Gasteiger partial charge in [-0.25, -0.2) is 4.79 Å². The summed E-state index contributed by atoms with van der Waals surface area (Å²) in [4.78, 5) is 25.5. The number of nitrogens with one attached hydrogen (secondary N) is 2. The van der Waals surface area contributed by atoms with Crippen molar-refractivity contribution in [3.05, 3.63) is 54.6 Å². The molecule has 0 heterocycles. The lowest BCUT2D eigenvalue weighted by molar-refractivity contribution is -0.118. The number of para-hydroxylation sites is 1. The molecular weight excluding hydrogens is 294 g/mol. The number of likely N-dealkylation sites (N-methyl/N-ethyl adjacent to an activating group) is 1. The second-order valence-electron chi connectivity index (χ2n) is 4.92. The molecule has 0 saturated heterocycles. The van der Waals surface area contributed by atoms with Crippen molar-refractivity contribution in [3.8, 4) is 5.75 Å². The maximum Gasteiger partial charge on any atom is 0.325 e. The Hall–Kier alpha value is -3.02. The smallest absolute Gasteiger partial charge is 0.325 e. The Morgan fingerprint density at radius 3 is 2.30 bits per heavy atom. The second-order valence-corrected chi connectivity index (χ2v) is 4.92. The highest BCUT2D eigenvalue weighted by Crippen LogP contribution is 2.14. The van der Waals surface area contributed by atoms with Crippen LogP contribution in [-0.4, -0.2) is 32.6 Å². The second kappa shape index (κ2) is 7.84. The third-order valence-electron chi connectivity index (χ3n) is 3.18. The highest BCUT2D eigenvalue weighted by atomic mass is 16.5. The molecule has 6 heteroatoms. The van der Waals surface area contributed by atoms with Crippen molar-refractivity contribution in [1.29, 1.82) is 0 Å². The van der Waals surface area contributed by atoms with E-state index >= 15 is 0 Å². The zero-order valence-electron chi connectivity index (χ0n) is 13.1. The molecule has 2 rings (SSSR count). The number of methoxy groups -OCH3 is 1. The van der Waals surface area contributed by atoms with Gasteiger partial charge in [0.15, 0.2) is 0 Å². The van der Waals surface area contributed by atoms with E-state index in [0.717, 1.165) is 5.69 Å². The average molecular weight is 313 g/mol. The Morgan fingerprint density at radius 2 is 1.70 bits per heavy atom. The van der Waals surface area contributed by atoms with Gasteiger partial charge in [0.25, 0.3) is 0 Å². The van der Waals surface area contributed by atoms with E-state index in [-0.39, 0.29) is 12.5 Å². The average Bonchev–Trinajstić information content (AvgIpc) is 2.56. The van der Waals surface area contributed by atoms with E-state index in [9.17, 15) is 9.59 Å². The predicted molar refractivity (Wildman–Crippen MR) is 89.9 cm³/mol. The zero-order chi connectivity index (χ0) is 16.7. The predicted octanol–water partition coefficient (Wildman–Crippen LogP) is 2.48. The van der Waals surface area contributed by atoms with Gasteiger partial charge in [-0.15, -0.1) is 0 Å². The van der Waals surface area contributed by atoms with Crippen LogP contribution in [0.2, 0.25) is 0 Å². The number of carbonyl (C=O) groups excluding carboxylic acids is 2. The van der Waals surface area contributed by atoms with Crippen LogP contribution in [-0.2, 0) is 4.79 Å². The number of carbonyl (C=O) groups is 2. The first-order valence-corrected chi connectivity index (χ1v) is 7.09. The quantitative estimate of drug-likeness (QED) is 0.889. The molecule has 2 aromatic carbocycles. The molecule has 0 saturated carbocycles. The van der Waals surface area contributed by atoms with Crippen LogP contribution in [0.4, 0.5) is 16.2 Å². The highest BCUT2D eigenvalue weighted by Gasteiger charge is 2.11. The van der Waals surface area contributed by atoms with Crippen LogP contribution in [0.1, 0.15) is 0 Å². The number of amides is 3. The SMILES string of the molecule is COc1ccc(NC(=O)NC(=O)CN(C)c2ccccc2)cc1. The molecule has 0 radical (unpaired) electrons.